The minimum atomic E-state index is -0.121. The van der Waals surface area contributed by atoms with Gasteiger partial charge < -0.3 is 10.2 Å². The smallest absolute Gasteiger partial charge is 0.256 e. The fourth-order valence-corrected chi connectivity index (χ4v) is 1.89. The summed E-state index contributed by atoms with van der Waals surface area (Å²) in [6, 6.07) is 3.58. The van der Waals surface area contributed by atoms with Crippen LogP contribution < -0.4 is 5.32 Å². The molecule has 0 saturated carbocycles. The van der Waals surface area contributed by atoms with Gasteiger partial charge in [0.2, 0.25) is 5.91 Å². The predicted octanol–water partition coefficient (Wildman–Crippen LogP) is 0.270. The van der Waals surface area contributed by atoms with Gasteiger partial charge in [0.05, 0.1) is 17.8 Å². The first-order chi connectivity index (χ1) is 8.08. The van der Waals surface area contributed by atoms with Crippen molar-refractivity contribution in [2.45, 2.75) is 13.8 Å². The summed E-state index contributed by atoms with van der Waals surface area (Å²) in [6.45, 7) is 4.90. The van der Waals surface area contributed by atoms with Crippen molar-refractivity contribution in [3.8, 4) is 0 Å². The second kappa shape index (κ2) is 4.53. The van der Waals surface area contributed by atoms with Gasteiger partial charge in [0, 0.05) is 18.8 Å². The fourth-order valence-electron chi connectivity index (χ4n) is 1.89. The molecule has 0 unspecified atom stereocenters. The lowest BCUT2D eigenvalue weighted by Gasteiger charge is -2.27. The van der Waals surface area contributed by atoms with Gasteiger partial charge in [0.25, 0.3) is 5.91 Å². The van der Waals surface area contributed by atoms with E-state index in [0.29, 0.717) is 24.3 Å². The zero-order chi connectivity index (χ0) is 12.4. The normalized spacial score (nSPS) is 15.6. The number of amides is 2. The number of pyridine rings is 1. The van der Waals surface area contributed by atoms with Crippen molar-refractivity contribution in [2.24, 2.45) is 0 Å². The molecule has 0 bridgehead atoms. The van der Waals surface area contributed by atoms with Crippen LogP contribution in [-0.2, 0) is 4.79 Å². The molecule has 2 rings (SSSR count). The van der Waals surface area contributed by atoms with Crippen LogP contribution in [0.25, 0.3) is 0 Å². The van der Waals surface area contributed by atoms with Gasteiger partial charge in [-0.3, -0.25) is 14.6 Å². The van der Waals surface area contributed by atoms with E-state index in [9.17, 15) is 9.59 Å². The van der Waals surface area contributed by atoms with Crippen molar-refractivity contribution in [1.82, 2.24) is 15.2 Å². The monoisotopic (exact) mass is 233 g/mol. The summed E-state index contributed by atoms with van der Waals surface area (Å²) in [6.07, 6.45) is 0. The molecule has 1 fully saturated rings. The average Bonchev–Trinajstić information content (AvgIpc) is 2.28. The molecule has 5 nitrogen and oxygen atoms in total. The first-order valence-corrected chi connectivity index (χ1v) is 5.58. The lowest BCUT2D eigenvalue weighted by Crippen LogP contribution is -2.50. The van der Waals surface area contributed by atoms with Gasteiger partial charge >= 0.3 is 0 Å². The summed E-state index contributed by atoms with van der Waals surface area (Å²) in [5, 5.41) is 2.69. The van der Waals surface area contributed by atoms with E-state index in [2.05, 4.69) is 10.3 Å². The van der Waals surface area contributed by atoms with E-state index in [1.165, 1.54) is 0 Å². The van der Waals surface area contributed by atoms with Gasteiger partial charge in [0.15, 0.2) is 0 Å². The molecule has 2 amide bonds. The number of piperazine rings is 1. The Kier molecular flexibility index (Phi) is 3.08. The van der Waals surface area contributed by atoms with Crippen LogP contribution in [0, 0.1) is 13.8 Å². The van der Waals surface area contributed by atoms with Crippen LogP contribution in [0.2, 0.25) is 0 Å². The number of carbonyl (C=O) groups is 2. The Bertz CT molecular complexity index is 471. The molecule has 5 heteroatoms. The van der Waals surface area contributed by atoms with Gasteiger partial charge in [-0.25, -0.2) is 0 Å². The van der Waals surface area contributed by atoms with Gasteiger partial charge in [-0.05, 0) is 26.0 Å². The van der Waals surface area contributed by atoms with E-state index in [1.807, 2.05) is 19.9 Å². The zero-order valence-corrected chi connectivity index (χ0v) is 9.99. The minimum absolute atomic E-state index is 0.109. The topological polar surface area (TPSA) is 62.3 Å². The lowest BCUT2D eigenvalue weighted by atomic mass is 10.1. The van der Waals surface area contributed by atoms with Crippen molar-refractivity contribution in [3.05, 3.63) is 29.1 Å². The number of aryl methyl sites for hydroxylation is 2. The maximum atomic E-state index is 12.2. The number of nitrogens with zero attached hydrogens (tertiary/aromatic N) is 2. The summed E-state index contributed by atoms with van der Waals surface area (Å²) in [5.41, 5.74) is 2.17. The molecule has 0 spiro atoms. The van der Waals surface area contributed by atoms with Gasteiger partial charge in [0.1, 0.15) is 0 Å². The molecule has 90 valence electrons. The van der Waals surface area contributed by atoms with Crippen LogP contribution in [0.1, 0.15) is 21.7 Å². The first-order valence-electron chi connectivity index (χ1n) is 5.58. The zero-order valence-electron chi connectivity index (χ0n) is 9.99. The summed E-state index contributed by atoms with van der Waals surface area (Å²) in [4.78, 5) is 29.2. The van der Waals surface area contributed by atoms with E-state index >= 15 is 0 Å². The predicted molar refractivity (Wildman–Crippen MR) is 62.6 cm³/mol. The Morgan fingerprint density at radius 2 is 2.18 bits per heavy atom. The lowest BCUT2D eigenvalue weighted by molar-refractivity contribution is -0.123. The Labute approximate surface area is 99.8 Å². The van der Waals surface area contributed by atoms with Crippen molar-refractivity contribution < 1.29 is 9.59 Å². The Hall–Kier alpha value is -1.91. The Morgan fingerprint density at radius 3 is 2.82 bits per heavy atom. The van der Waals surface area contributed by atoms with Crippen molar-refractivity contribution >= 4 is 11.8 Å². The molecule has 0 aromatic carbocycles. The van der Waals surface area contributed by atoms with Gasteiger partial charge in [-0.2, -0.15) is 0 Å². The minimum Gasteiger partial charge on any atom is -0.353 e. The molecule has 1 aliphatic rings. The SMILES string of the molecule is Cc1ccc(C(=O)N2CCNC(=O)C2)c(C)n1. The van der Waals surface area contributed by atoms with Gasteiger partial charge in [-0.15, -0.1) is 0 Å². The van der Waals surface area contributed by atoms with E-state index < -0.39 is 0 Å². The Morgan fingerprint density at radius 1 is 1.41 bits per heavy atom. The highest BCUT2D eigenvalue weighted by molar-refractivity contribution is 5.97. The van der Waals surface area contributed by atoms with Crippen LogP contribution in [0.4, 0.5) is 0 Å². The Balaban J connectivity index is 2.21. The standard InChI is InChI=1S/C12H15N3O2/c1-8-3-4-10(9(2)14-8)12(17)15-6-5-13-11(16)7-15/h3-4H,5-7H2,1-2H3,(H,13,16). The van der Waals surface area contributed by atoms with Crippen LogP contribution in [-0.4, -0.2) is 41.3 Å². The van der Waals surface area contributed by atoms with E-state index in [-0.39, 0.29) is 18.4 Å². The average molecular weight is 233 g/mol. The summed E-state index contributed by atoms with van der Waals surface area (Å²) in [7, 11) is 0. The maximum Gasteiger partial charge on any atom is 0.256 e. The molecule has 2 heterocycles. The summed E-state index contributed by atoms with van der Waals surface area (Å²) < 4.78 is 0. The highest BCUT2D eigenvalue weighted by atomic mass is 16.2. The molecular weight excluding hydrogens is 218 g/mol. The van der Waals surface area contributed by atoms with Crippen LogP contribution in [0.15, 0.2) is 12.1 Å². The first kappa shape index (κ1) is 11.6. The molecule has 0 radical (unpaired) electrons. The second-order valence-electron chi connectivity index (χ2n) is 4.16. The molecule has 0 aliphatic carbocycles. The molecule has 17 heavy (non-hydrogen) atoms. The second-order valence-corrected chi connectivity index (χ2v) is 4.16. The third-order valence-electron chi connectivity index (χ3n) is 2.78. The largest absolute Gasteiger partial charge is 0.353 e. The van der Waals surface area contributed by atoms with Crippen LogP contribution >= 0.6 is 0 Å². The van der Waals surface area contributed by atoms with Crippen LogP contribution in [0.3, 0.4) is 0 Å². The number of nitrogens with one attached hydrogen (secondary N) is 1. The summed E-state index contributed by atoms with van der Waals surface area (Å²) in [5.74, 6) is -0.229. The molecule has 1 saturated heterocycles. The third-order valence-corrected chi connectivity index (χ3v) is 2.78. The number of hydrogen-bond acceptors (Lipinski definition) is 3. The maximum absolute atomic E-state index is 12.2. The molecule has 1 aliphatic heterocycles. The highest BCUT2D eigenvalue weighted by Gasteiger charge is 2.23. The number of carbonyl (C=O) groups excluding carboxylic acids is 2. The van der Waals surface area contributed by atoms with Crippen molar-refractivity contribution in [3.63, 3.8) is 0 Å². The van der Waals surface area contributed by atoms with E-state index in [1.54, 1.807) is 11.0 Å². The number of rotatable bonds is 1. The molecule has 1 aromatic rings. The van der Waals surface area contributed by atoms with Crippen molar-refractivity contribution in [2.75, 3.05) is 19.6 Å². The highest BCUT2D eigenvalue weighted by Crippen LogP contribution is 2.10. The number of aromatic nitrogens is 1. The van der Waals surface area contributed by atoms with Gasteiger partial charge in [-0.1, -0.05) is 0 Å². The molecular formula is C12H15N3O2. The summed E-state index contributed by atoms with van der Waals surface area (Å²) >= 11 is 0. The number of hydrogen-bond donors (Lipinski definition) is 1. The third kappa shape index (κ3) is 2.43. The van der Waals surface area contributed by atoms with Crippen LogP contribution in [0.5, 0.6) is 0 Å². The molecule has 0 atom stereocenters. The van der Waals surface area contributed by atoms with Crippen molar-refractivity contribution in [1.29, 1.82) is 0 Å². The quantitative estimate of drug-likeness (QED) is 0.757. The van der Waals surface area contributed by atoms with E-state index in [0.717, 1.165) is 5.69 Å². The molecule has 1 aromatic heterocycles. The fraction of sp³-hybridized carbons (Fsp3) is 0.417. The molecule has 1 N–H and O–H groups in total. The van der Waals surface area contributed by atoms with E-state index in [4.69, 9.17) is 0 Å².